The highest BCUT2D eigenvalue weighted by molar-refractivity contribution is 9.10. The summed E-state index contributed by atoms with van der Waals surface area (Å²) in [7, 11) is 0. The summed E-state index contributed by atoms with van der Waals surface area (Å²) in [5, 5.41) is 4.93. The Kier molecular flexibility index (Phi) is 5.94. The number of thiophene rings is 1. The first kappa shape index (κ1) is 16.3. The van der Waals surface area contributed by atoms with Crippen LogP contribution in [0.1, 0.15) is 34.7 Å². The Balaban J connectivity index is 2.44. The third-order valence-corrected chi connectivity index (χ3v) is 5.57. The van der Waals surface area contributed by atoms with Gasteiger partial charge in [-0.1, -0.05) is 36.2 Å². The van der Waals surface area contributed by atoms with E-state index in [1.807, 2.05) is 12.1 Å². The van der Waals surface area contributed by atoms with Crippen molar-refractivity contribution in [2.45, 2.75) is 26.3 Å². The Morgan fingerprint density at radius 3 is 2.60 bits per heavy atom. The molecule has 1 unspecified atom stereocenters. The van der Waals surface area contributed by atoms with Gasteiger partial charge in [0.15, 0.2) is 0 Å². The van der Waals surface area contributed by atoms with E-state index in [0.29, 0.717) is 10.0 Å². The van der Waals surface area contributed by atoms with Crippen LogP contribution in [-0.2, 0) is 0 Å². The van der Waals surface area contributed by atoms with E-state index in [1.165, 1.54) is 9.75 Å². The highest BCUT2D eigenvalue weighted by atomic mass is 79.9. The Labute approximate surface area is 142 Å². The largest absolute Gasteiger partial charge is 0.306 e. The normalized spacial score (nSPS) is 12.7. The molecule has 0 aliphatic rings. The van der Waals surface area contributed by atoms with Crippen LogP contribution in [0.5, 0.6) is 0 Å². The molecule has 0 saturated heterocycles. The van der Waals surface area contributed by atoms with Crippen LogP contribution >= 0.6 is 50.5 Å². The average molecular weight is 393 g/mol. The standard InChI is InChI=1S/C15H16BrCl2NS/c1-3-6-19-14(15-12(16)7-9(2)20-15)11-5-4-10(17)8-13(11)18/h4-5,7-8,14,19H,3,6H2,1-2H3. The van der Waals surface area contributed by atoms with E-state index in [4.69, 9.17) is 23.2 Å². The van der Waals surface area contributed by atoms with Crippen LogP contribution in [0.4, 0.5) is 0 Å². The van der Waals surface area contributed by atoms with Gasteiger partial charge in [-0.15, -0.1) is 11.3 Å². The maximum Gasteiger partial charge on any atom is 0.0697 e. The molecular weight excluding hydrogens is 377 g/mol. The number of benzene rings is 1. The Morgan fingerprint density at radius 2 is 2.05 bits per heavy atom. The highest BCUT2D eigenvalue weighted by Gasteiger charge is 2.21. The molecule has 1 heterocycles. The lowest BCUT2D eigenvalue weighted by Gasteiger charge is -2.20. The highest BCUT2D eigenvalue weighted by Crippen LogP contribution is 2.38. The number of hydrogen-bond acceptors (Lipinski definition) is 2. The Morgan fingerprint density at radius 1 is 1.30 bits per heavy atom. The second kappa shape index (κ2) is 7.28. The van der Waals surface area contributed by atoms with Gasteiger partial charge in [-0.25, -0.2) is 0 Å². The van der Waals surface area contributed by atoms with Crippen LogP contribution in [0.15, 0.2) is 28.7 Å². The van der Waals surface area contributed by atoms with Gasteiger partial charge in [0.2, 0.25) is 0 Å². The van der Waals surface area contributed by atoms with Gasteiger partial charge < -0.3 is 5.32 Å². The molecule has 0 aliphatic carbocycles. The summed E-state index contributed by atoms with van der Waals surface area (Å²) in [5.41, 5.74) is 1.06. The maximum absolute atomic E-state index is 6.38. The minimum atomic E-state index is 0.0905. The number of nitrogens with one attached hydrogen (secondary N) is 1. The van der Waals surface area contributed by atoms with Gasteiger partial charge in [0.05, 0.1) is 6.04 Å². The molecule has 0 aliphatic heterocycles. The molecule has 0 spiro atoms. The molecule has 0 radical (unpaired) electrons. The summed E-state index contributed by atoms with van der Waals surface area (Å²) in [4.78, 5) is 2.53. The first-order valence-electron chi connectivity index (χ1n) is 6.47. The van der Waals surface area contributed by atoms with Crippen molar-refractivity contribution >= 4 is 50.5 Å². The van der Waals surface area contributed by atoms with Crippen LogP contribution in [0.25, 0.3) is 0 Å². The van der Waals surface area contributed by atoms with Crippen molar-refractivity contribution in [3.05, 3.63) is 54.1 Å². The van der Waals surface area contributed by atoms with Crippen LogP contribution < -0.4 is 5.32 Å². The van der Waals surface area contributed by atoms with Crippen molar-refractivity contribution in [1.29, 1.82) is 0 Å². The molecule has 2 aromatic rings. The first-order valence-corrected chi connectivity index (χ1v) is 8.83. The lowest BCUT2D eigenvalue weighted by Crippen LogP contribution is -2.23. The van der Waals surface area contributed by atoms with E-state index >= 15 is 0 Å². The van der Waals surface area contributed by atoms with E-state index in [2.05, 4.69) is 41.2 Å². The molecule has 0 fully saturated rings. The van der Waals surface area contributed by atoms with Gasteiger partial charge in [0.25, 0.3) is 0 Å². The first-order chi connectivity index (χ1) is 9.52. The summed E-state index contributed by atoms with van der Waals surface area (Å²) in [6.07, 6.45) is 1.07. The van der Waals surface area contributed by atoms with Gasteiger partial charge in [0.1, 0.15) is 0 Å². The van der Waals surface area contributed by atoms with Crippen molar-refractivity contribution < 1.29 is 0 Å². The fourth-order valence-corrected chi connectivity index (χ4v) is 4.56. The fourth-order valence-electron chi connectivity index (χ4n) is 2.07. The average Bonchev–Trinajstić information content (AvgIpc) is 2.71. The van der Waals surface area contributed by atoms with Crippen LogP contribution in [0.3, 0.4) is 0 Å². The molecule has 108 valence electrons. The van der Waals surface area contributed by atoms with Crippen molar-refractivity contribution in [3.63, 3.8) is 0 Å². The van der Waals surface area contributed by atoms with Gasteiger partial charge in [-0.3, -0.25) is 0 Å². The molecule has 5 heteroatoms. The second-order valence-electron chi connectivity index (χ2n) is 4.62. The molecule has 1 nitrogen and oxygen atoms in total. The summed E-state index contributed by atoms with van der Waals surface area (Å²) < 4.78 is 1.12. The molecule has 0 bridgehead atoms. The predicted molar refractivity (Wildman–Crippen MR) is 93.4 cm³/mol. The number of aryl methyl sites for hydroxylation is 1. The molecule has 20 heavy (non-hydrogen) atoms. The van der Waals surface area contributed by atoms with Crippen LogP contribution in [0.2, 0.25) is 10.0 Å². The zero-order valence-electron chi connectivity index (χ0n) is 11.3. The second-order valence-corrected chi connectivity index (χ2v) is 7.61. The lowest BCUT2D eigenvalue weighted by molar-refractivity contribution is 0.604. The number of hydrogen-bond donors (Lipinski definition) is 1. The van der Waals surface area contributed by atoms with E-state index in [-0.39, 0.29) is 6.04 Å². The monoisotopic (exact) mass is 391 g/mol. The van der Waals surface area contributed by atoms with Crippen LogP contribution in [-0.4, -0.2) is 6.54 Å². The number of rotatable bonds is 5. The van der Waals surface area contributed by atoms with Gasteiger partial charge in [-0.05, 0) is 59.6 Å². The third-order valence-electron chi connectivity index (χ3n) is 2.97. The Bertz CT molecular complexity index is 598. The van der Waals surface area contributed by atoms with Gasteiger partial charge >= 0.3 is 0 Å². The van der Waals surface area contributed by atoms with Crippen molar-refractivity contribution in [1.82, 2.24) is 5.32 Å². The molecule has 2 rings (SSSR count). The fraction of sp³-hybridized carbons (Fsp3) is 0.333. The predicted octanol–water partition coefficient (Wildman–Crippen LogP) is 6.21. The lowest BCUT2D eigenvalue weighted by atomic mass is 10.1. The SMILES string of the molecule is CCCNC(c1ccc(Cl)cc1Cl)c1sc(C)cc1Br. The van der Waals surface area contributed by atoms with E-state index in [9.17, 15) is 0 Å². The summed E-state index contributed by atoms with van der Waals surface area (Å²) in [5.74, 6) is 0. The zero-order valence-corrected chi connectivity index (χ0v) is 15.3. The number of halogens is 3. The minimum Gasteiger partial charge on any atom is -0.306 e. The molecule has 0 saturated carbocycles. The van der Waals surface area contributed by atoms with E-state index in [1.54, 1.807) is 17.4 Å². The zero-order chi connectivity index (χ0) is 14.7. The van der Waals surface area contributed by atoms with Crippen LogP contribution in [0, 0.1) is 6.92 Å². The molecule has 1 aromatic carbocycles. The minimum absolute atomic E-state index is 0.0905. The molecule has 1 N–H and O–H groups in total. The summed E-state index contributed by atoms with van der Waals surface area (Å²) >= 11 is 17.8. The van der Waals surface area contributed by atoms with Gasteiger partial charge in [0, 0.05) is 24.3 Å². The molecule has 1 aromatic heterocycles. The smallest absolute Gasteiger partial charge is 0.0697 e. The maximum atomic E-state index is 6.38. The summed E-state index contributed by atoms with van der Waals surface area (Å²) in [6, 6.07) is 7.92. The summed E-state index contributed by atoms with van der Waals surface area (Å²) in [6.45, 7) is 5.20. The van der Waals surface area contributed by atoms with E-state index < -0.39 is 0 Å². The van der Waals surface area contributed by atoms with Crippen molar-refractivity contribution in [2.75, 3.05) is 6.54 Å². The molecule has 0 amide bonds. The van der Waals surface area contributed by atoms with E-state index in [0.717, 1.165) is 23.0 Å². The Hall–Kier alpha value is -0.0600. The molecular formula is C15H16BrCl2NS. The third kappa shape index (κ3) is 3.77. The quantitative estimate of drug-likeness (QED) is 0.637. The topological polar surface area (TPSA) is 12.0 Å². The van der Waals surface area contributed by atoms with Crippen molar-refractivity contribution in [3.8, 4) is 0 Å². The molecule has 1 atom stereocenters. The van der Waals surface area contributed by atoms with Crippen molar-refractivity contribution in [2.24, 2.45) is 0 Å². The van der Waals surface area contributed by atoms with Gasteiger partial charge in [-0.2, -0.15) is 0 Å².